The standard InChI is InChI=1S/C15H12BrN3O2S/c1-7-6-10(20)19-15-11(7)12(17)13(22-15)14(21)18-9-4-2-8(16)3-5-9/h2-6H,17H2,1H3,(H,18,21)(H,19,20). The Morgan fingerprint density at radius 3 is 2.68 bits per heavy atom. The van der Waals surface area contributed by atoms with Gasteiger partial charge < -0.3 is 16.0 Å². The van der Waals surface area contributed by atoms with Gasteiger partial charge in [-0.2, -0.15) is 0 Å². The zero-order valence-corrected chi connectivity index (χ0v) is 14.0. The van der Waals surface area contributed by atoms with Crippen LogP contribution in [-0.4, -0.2) is 10.9 Å². The van der Waals surface area contributed by atoms with Crippen molar-refractivity contribution in [3.8, 4) is 0 Å². The van der Waals surface area contributed by atoms with Crippen LogP contribution in [0.4, 0.5) is 11.4 Å². The van der Waals surface area contributed by atoms with Crippen molar-refractivity contribution < 1.29 is 4.79 Å². The highest BCUT2D eigenvalue weighted by molar-refractivity contribution is 9.10. The maximum atomic E-state index is 12.4. The molecule has 0 unspecified atom stereocenters. The Morgan fingerprint density at radius 2 is 2.00 bits per heavy atom. The van der Waals surface area contributed by atoms with Crippen LogP contribution in [0.5, 0.6) is 0 Å². The number of fused-ring (bicyclic) bond motifs is 1. The van der Waals surface area contributed by atoms with Crippen LogP contribution < -0.4 is 16.6 Å². The molecule has 0 saturated heterocycles. The molecule has 3 rings (SSSR count). The topological polar surface area (TPSA) is 88.0 Å². The molecule has 2 aromatic heterocycles. The van der Waals surface area contributed by atoms with Crippen molar-refractivity contribution in [1.82, 2.24) is 4.98 Å². The van der Waals surface area contributed by atoms with Gasteiger partial charge in [0.05, 0.1) is 5.69 Å². The van der Waals surface area contributed by atoms with Gasteiger partial charge in [0.2, 0.25) is 5.56 Å². The number of carbonyl (C=O) groups is 1. The lowest BCUT2D eigenvalue weighted by Crippen LogP contribution is -2.11. The zero-order chi connectivity index (χ0) is 15.9. The molecule has 0 aliphatic rings. The number of nitrogens with two attached hydrogens (primary N) is 1. The molecule has 0 fully saturated rings. The molecular formula is C15H12BrN3O2S. The number of halogens is 1. The molecule has 0 spiro atoms. The second kappa shape index (κ2) is 5.58. The normalized spacial score (nSPS) is 10.8. The summed E-state index contributed by atoms with van der Waals surface area (Å²) in [5, 5.41) is 3.53. The number of hydrogen-bond donors (Lipinski definition) is 3. The molecule has 0 saturated carbocycles. The molecule has 0 atom stereocenters. The first-order valence-electron chi connectivity index (χ1n) is 6.44. The van der Waals surface area contributed by atoms with E-state index in [0.29, 0.717) is 21.1 Å². The summed E-state index contributed by atoms with van der Waals surface area (Å²) in [5.41, 5.74) is 7.71. The summed E-state index contributed by atoms with van der Waals surface area (Å²) < 4.78 is 0.931. The van der Waals surface area contributed by atoms with Crippen LogP contribution in [0.25, 0.3) is 10.2 Å². The predicted molar refractivity (Wildman–Crippen MR) is 93.7 cm³/mol. The van der Waals surface area contributed by atoms with E-state index in [2.05, 4.69) is 26.2 Å². The second-order valence-electron chi connectivity index (χ2n) is 4.83. The van der Waals surface area contributed by atoms with Crippen LogP contribution in [-0.2, 0) is 0 Å². The summed E-state index contributed by atoms with van der Waals surface area (Å²) in [6, 6.07) is 8.73. The fourth-order valence-corrected chi connectivity index (χ4v) is 3.58. The highest BCUT2D eigenvalue weighted by Gasteiger charge is 2.18. The first-order chi connectivity index (χ1) is 10.5. The number of H-pyrrole nitrogens is 1. The lowest BCUT2D eigenvalue weighted by atomic mass is 10.1. The fourth-order valence-electron chi connectivity index (χ4n) is 2.23. The highest BCUT2D eigenvalue weighted by atomic mass is 79.9. The number of benzene rings is 1. The highest BCUT2D eigenvalue weighted by Crippen LogP contribution is 2.34. The SMILES string of the molecule is Cc1cc(=O)[nH]c2sc(C(=O)Nc3ccc(Br)cc3)c(N)c12. The molecular weight excluding hydrogens is 366 g/mol. The van der Waals surface area contributed by atoms with E-state index in [0.717, 1.165) is 15.4 Å². The zero-order valence-electron chi connectivity index (χ0n) is 11.6. The third kappa shape index (κ3) is 2.65. The molecule has 0 aliphatic carbocycles. The average Bonchev–Trinajstić information content (AvgIpc) is 2.78. The van der Waals surface area contributed by atoms with E-state index in [1.54, 1.807) is 19.1 Å². The van der Waals surface area contributed by atoms with Crippen LogP contribution >= 0.6 is 27.3 Å². The second-order valence-corrected chi connectivity index (χ2v) is 6.76. The van der Waals surface area contributed by atoms with E-state index in [-0.39, 0.29) is 11.5 Å². The Kier molecular flexibility index (Phi) is 3.76. The Labute approximate surface area is 138 Å². The van der Waals surface area contributed by atoms with E-state index < -0.39 is 0 Å². The number of thiophene rings is 1. The first kappa shape index (κ1) is 14.8. The number of hydrogen-bond acceptors (Lipinski definition) is 4. The van der Waals surface area contributed by atoms with Crippen LogP contribution in [0.2, 0.25) is 0 Å². The number of anilines is 2. The van der Waals surface area contributed by atoms with Crippen LogP contribution in [0.15, 0.2) is 39.6 Å². The van der Waals surface area contributed by atoms with Gasteiger partial charge in [0.15, 0.2) is 0 Å². The van der Waals surface area contributed by atoms with Crippen molar-refractivity contribution in [2.24, 2.45) is 0 Å². The largest absolute Gasteiger partial charge is 0.397 e. The maximum absolute atomic E-state index is 12.4. The van der Waals surface area contributed by atoms with E-state index in [4.69, 9.17) is 5.73 Å². The van der Waals surface area contributed by atoms with Gasteiger partial charge in [0, 0.05) is 21.6 Å². The minimum absolute atomic E-state index is 0.203. The molecule has 5 nitrogen and oxygen atoms in total. The molecule has 1 amide bonds. The van der Waals surface area contributed by atoms with Crippen molar-refractivity contribution in [2.75, 3.05) is 11.1 Å². The molecule has 7 heteroatoms. The quantitative estimate of drug-likeness (QED) is 0.638. The number of aromatic amines is 1. The van der Waals surface area contributed by atoms with Gasteiger partial charge in [-0.3, -0.25) is 9.59 Å². The number of rotatable bonds is 2. The van der Waals surface area contributed by atoms with Gasteiger partial charge in [-0.15, -0.1) is 11.3 Å². The summed E-state index contributed by atoms with van der Waals surface area (Å²) in [6.07, 6.45) is 0. The number of aryl methyl sites for hydroxylation is 1. The Bertz CT molecular complexity index is 928. The van der Waals surface area contributed by atoms with Crippen molar-refractivity contribution in [3.05, 3.63) is 55.6 Å². The fraction of sp³-hybridized carbons (Fsp3) is 0.0667. The van der Waals surface area contributed by atoms with Crippen LogP contribution in [0, 0.1) is 6.92 Å². The Hall–Kier alpha value is -2.12. The van der Waals surface area contributed by atoms with E-state index in [1.807, 2.05) is 12.1 Å². The minimum atomic E-state index is -0.290. The molecule has 4 N–H and O–H groups in total. The summed E-state index contributed by atoms with van der Waals surface area (Å²) in [6.45, 7) is 1.80. The molecule has 0 bridgehead atoms. The third-order valence-electron chi connectivity index (χ3n) is 3.23. The summed E-state index contributed by atoms with van der Waals surface area (Å²) in [4.78, 5) is 27.6. The van der Waals surface area contributed by atoms with Crippen LogP contribution in [0.3, 0.4) is 0 Å². The lowest BCUT2D eigenvalue weighted by Gasteiger charge is -2.04. The average molecular weight is 378 g/mol. The summed E-state index contributed by atoms with van der Waals surface area (Å²) >= 11 is 4.52. The van der Waals surface area contributed by atoms with E-state index in [9.17, 15) is 9.59 Å². The lowest BCUT2D eigenvalue weighted by molar-refractivity contribution is 0.103. The maximum Gasteiger partial charge on any atom is 0.267 e. The first-order valence-corrected chi connectivity index (χ1v) is 8.05. The number of nitrogens with one attached hydrogen (secondary N) is 2. The van der Waals surface area contributed by atoms with Gasteiger partial charge in [-0.25, -0.2) is 0 Å². The van der Waals surface area contributed by atoms with Gasteiger partial charge in [-0.05, 0) is 36.8 Å². The molecule has 112 valence electrons. The number of carbonyl (C=O) groups excluding carboxylic acids is 1. The smallest absolute Gasteiger partial charge is 0.267 e. The third-order valence-corrected chi connectivity index (χ3v) is 4.88. The van der Waals surface area contributed by atoms with Gasteiger partial charge >= 0.3 is 0 Å². The van der Waals surface area contributed by atoms with E-state index >= 15 is 0 Å². The molecule has 1 aromatic carbocycles. The molecule has 3 aromatic rings. The number of pyridine rings is 1. The van der Waals surface area contributed by atoms with Gasteiger partial charge in [0.25, 0.3) is 5.91 Å². The van der Waals surface area contributed by atoms with Crippen molar-refractivity contribution >= 4 is 54.8 Å². The molecule has 0 radical (unpaired) electrons. The number of nitrogen functional groups attached to an aromatic ring is 1. The molecule has 0 aliphatic heterocycles. The van der Waals surface area contributed by atoms with Crippen molar-refractivity contribution in [2.45, 2.75) is 6.92 Å². The summed E-state index contributed by atoms with van der Waals surface area (Å²) in [7, 11) is 0. The van der Waals surface area contributed by atoms with Gasteiger partial charge in [0.1, 0.15) is 9.71 Å². The molecule has 2 heterocycles. The van der Waals surface area contributed by atoms with E-state index in [1.165, 1.54) is 17.4 Å². The monoisotopic (exact) mass is 377 g/mol. The van der Waals surface area contributed by atoms with Crippen molar-refractivity contribution in [1.29, 1.82) is 0 Å². The van der Waals surface area contributed by atoms with Crippen LogP contribution in [0.1, 0.15) is 15.2 Å². The minimum Gasteiger partial charge on any atom is -0.397 e. The Morgan fingerprint density at radius 1 is 1.32 bits per heavy atom. The predicted octanol–water partition coefficient (Wildman–Crippen LogP) is 3.50. The Balaban J connectivity index is 2.01. The number of aromatic nitrogens is 1. The number of amides is 1. The molecule has 22 heavy (non-hydrogen) atoms. The van der Waals surface area contributed by atoms with Crippen molar-refractivity contribution in [3.63, 3.8) is 0 Å². The van der Waals surface area contributed by atoms with Gasteiger partial charge in [-0.1, -0.05) is 15.9 Å². The summed E-state index contributed by atoms with van der Waals surface area (Å²) in [5.74, 6) is -0.290.